The largest absolute Gasteiger partial charge is 0.481 e. The van der Waals surface area contributed by atoms with Gasteiger partial charge >= 0.3 is 0 Å². The molecule has 3 rings (SSSR count). The second-order valence-corrected chi connectivity index (χ2v) is 5.84. The maximum atomic E-state index is 13.4. The third-order valence-corrected chi connectivity index (χ3v) is 3.82. The molecule has 0 bridgehead atoms. The molecule has 1 aliphatic rings. The zero-order valence-corrected chi connectivity index (χ0v) is 13.6. The average Bonchev–Trinajstić information content (AvgIpc) is 3.07. The van der Waals surface area contributed by atoms with E-state index in [0.29, 0.717) is 17.1 Å². The standard InChI is InChI=1S/C18H18FNO5/c1-18(22,12-6-7-15-16(8-12)25-11-24-15)10-20-17(21)9-23-14-5-3-2-4-13(14)19/h2-8,22H,9-11H2,1H3,(H,20,21)/t18-/m1/s1. The normalized spacial score (nSPS) is 14.7. The lowest BCUT2D eigenvalue weighted by Gasteiger charge is -2.24. The van der Waals surface area contributed by atoms with E-state index in [1.807, 2.05) is 0 Å². The highest BCUT2D eigenvalue weighted by Gasteiger charge is 2.26. The minimum Gasteiger partial charge on any atom is -0.481 e. The molecule has 1 aliphatic heterocycles. The van der Waals surface area contributed by atoms with Crippen LogP contribution in [0.1, 0.15) is 12.5 Å². The SMILES string of the molecule is C[C@@](O)(CNC(=O)COc1ccccc1F)c1ccc2c(c1)OCO2. The first-order valence-corrected chi connectivity index (χ1v) is 7.72. The Labute approximate surface area is 144 Å². The molecule has 2 aromatic rings. The lowest BCUT2D eigenvalue weighted by molar-refractivity contribution is -0.124. The number of hydrogen-bond donors (Lipinski definition) is 2. The number of nitrogens with one attached hydrogen (secondary N) is 1. The molecule has 0 radical (unpaired) electrons. The van der Waals surface area contributed by atoms with Crippen molar-refractivity contribution in [3.05, 3.63) is 53.8 Å². The molecular weight excluding hydrogens is 329 g/mol. The Kier molecular flexibility index (Phi) is 4.76. The van der Waals surface area contributed by atoms with E-state index in [9.17, 15) is 14.3 Å². The number of aliphatic hydroxyl groups is 1. The first-order chi connectivity index (χ1) is 12.0. The number of para-hydroxylation sites is 1. The van der Waals surface area contributed by atoms with Gasteiger partial charge in [0.15, 0.2) is 29.7 Å². The van der Waals surface area contributed by atoms with Crippen LogP contribution in [0.3, 0.4) is 0 Å². The maximum absolute atomic E-state index is 13.4. The van der Waals surface area contributed by atoms with Crippen LogP contribution in [-0.2, 0) is 10.4 Å². The van der Waals surface area contributed by atoms with E-state index in [1.165, 1.54) is 18.2 Å². The highest BCUT2D eigenvalue weighted by atomic mass is 19.1. The topological polar surface area (TPSA) is 77.0 Å². The molecule has 0 unspecified atom stereocenters. The van der Waals surface area contributed by atoms with Gasteiger partial charge in [-0.1, -0.05) is 18.2 Å². The Morgan fingerprint density at radius 2 is 2.04 bits per heavy atom. The van der Waals surface area contributed by atoms with Crippen LogP contribution >= 0.6 is 0 Å². The fourth-order valence-corrected chi connectivity index (χ4v) is 2.36. The summed E-state index contributed by atoms with van der Waals surface area (Å²) in [5.41, 5.74) is -0.735. The van der Waals surface area contributed by atoms with Crippen molar-refractivity contribution in [3.63, 3.8) is 0 Å². The maximum Gasteiger partial charge on any atom is 0.258 e. The molecule has 25 heavy (non-hydrogen) atoms. The van der Waals surface area contributed by atoms with Crippen LogP contribution in [0.25, 0.3) is 0 Å². The highest BCUT2D eigenvalue weighted by Crippen LogP contribution is 2.35. The Morgan fingerprint density at radius 3 is 2.84 bits per heavy atom. The molecular formula is C18H18FNO5. The third kappa shape index (κ3) is 4.00. The van der Waals surface area contributed by atoms with Crippen molar-refractivity contribution >= 4 is 5.91 Å². The summed E-state index contributed by atoms with van der Waals surface area (Å²) in [5.74, 6) is 0.154. The van der Waals surface area contributed by atoms with Gasteiger partial charge in [0.2, 0.25) is 6.79 Å². The second kappa shape index (κ2) is 6.98. The van der Waals surface area contributed by atoms with Crippen molar-refractivity contribution in [3.8, 4) is 17.2 Å². The first-order valence-electron chi connectivity index (χ1n) is 7.72. The van der Waals surface area contributed by atoms with Gasteiger partial charge in [-0.15, -0.1) is 0 Å². The minimum absolute atomic E-state index is 0.000168. The van der Waals surface area contributed by atoms with E-state index in [4.69, 9.17) is 14.2 Å². The van der Waals surface area contributed by atoms with E-state index >= 15 is 0 Å². The van der Waals surface area contributed by atoms with E-state index in [-0.39, 0.29) is 25.7 Å². The van der Waals surface area contributed by atoms with E-state index in [2.05, 4.69) is 5.32 Å². The Balaban J connectivity index is 1.54. The fourth-order valence-electron chi connectivity index (χ4n) is 2.36. The van der Waals surface area contributed by atoms with Crippen molar-refractivity contribution < 1.29 is 28.5 Å². The van der Waals surface area contributed by atoms with Gasteiger partial charge < -0.3 is 24.6 Å². The van der Waals surface area contributed by atoms with Gasteiger partial charge in [-0.2, -0.15) is 0 Å². The van der Waals surface area contributed by atoms with Crippen molar-refractivity contribution in [1.29, 1.82) is 0 Å². The van der Waals surface area contributed by atoms with Crippen LogP contribution in [0.2, 0.25) is 0 Å². The number of rotatable bonds is 6. The molecule has 7 heteroatoms. The highest BCUT2D eigenvalue weighted by molar-refractivity contribution is 5.77. The number of ether oxygens (including phenoxy) is 3. The summed E-state index contributed by atoms with van der Waals surface area (Å²) in [5, 5.41) is 13.2. The van der Waals surface area contributed by atoms with Crippen LogP contribution in [-0.4, -0.2) is 31.0 Å². The summed E-state index contributed by atoms with van der Waals surface area (Å²) in [6, 6.07) is 10.9. The number of amides is 1. The lowest BCUT2D eigenvalue weighted by Crippen LogP contribution is -2.40. The summed E-state index contributed by atoms with van der Waals surface area (Å²) in [6.45, 7) is 1.33. The quantitative estimate of drug-likeness (QED) is 0.835. The molecule has 1 heterocycles. The summed E-state index contributed by atoms with van der Waals surface area (Å²) in [4.78, 5) is 11.9. The zero-order valence-electron chi connectivity index (χ0n) is 13.6. The average molecular weight is 347 g/mol. The molecule has 1 amide bonds. The predicted molar refractivity (Wildman–Crippen MR) is 87.0 cm³/mol. The van der Waals surface area contributed by atoms with Gasteiger partial charge in [-0.25, -0.2) is 4.39 Å². The van der Waals surface area contributed by atoms with E-state index in [1.54, 1.807) is 31.2 Å². The van der Waals surface area contributed by atoms with Gasteiger partial charge in [-0.05, 0) is 36.8 Å². The van der Waals surface area contributed by atoms with Crippen molar-refractivity contribution in [2.45, 2.75) is 12.5 Å². The molecule has 2 N–H and O–H groups in total. The third-order valence-electron chi connectivity index (χ3n) is 3.82. The summed E-state index contributed by atoms with van der Waals surface area (Å²) >= 11 is 0. The monoisotopic (exact) mass is 347 g/mol. The van der Waals surface area contributed by atoms with Gasteiger partial charge in [-0.3, -0.25) is 4.79 Å². The lowest BCUT2D eigenvalue weighted by atomic mass is 9.95. The van der Waals surface area contributed by atoms with Crippen LogP contribution < -0.4 is 19.5 Å². The predicted octanol–water partition coefficient (Wildman–Crippen LogP) is 1.96. The molecule has 0 saturated heterocycles. The molecule has 0 spiro atoms. The van der Waals surface area contributed by atoms with Crippen molar-refractivity contribution in [1.82, 2.24) is 5.32 Å². The molecule has 0 fully saturated rings. The van der Waals surface area contributed by atoms with Crippen LogP contribution in [0, 0.1) is 5.82 Å². The molecule has 1 atom stereocenters. The summed E-state index contributed by atoms with van der Waals surface area (Å²) in [6.07, 6.45) is 0. The molecule has 0 saturated carbocycles. The zero-order chi connectivity index (χ0) is 17.9. The smallest absolute Gasteiger partial charge is 0.258 e. The number of hydrogen-bond acceptors (Lipinski definition) is 5. The molecule has 6 nitrogen and oxygen atoms in total. The minimum atomic E-state index is -1.31. The van der Waals surface area contributed by atoms with E-state index < -0.39 is 17.3 Å². The van der Waals surface area contributed by atoms with Gasteiger partial charge in [0.05, 0.1) is 6.54 Å². The number of fused-ring (bicyclic) bond motifs is 1. The summed E-state index contributed by atoms with van der Waals surface area (Å²) in [7, 11) is 0. The van der Waals surface area contributed by atoms with Gasteiger partial charge in [0, 0.05) is 0 Å². The molecule has 0 aromatic heterocycles. The van der Waals surface area contributed by atoms with Gasteiger partial charge in [0.25, 0.3) is 5.91 Å². The molecule has 132 valence electrons. The number of benzene rings is 2. The Bertz CT molecular complexity index is 778. The number of carbonyl (C=O) groups is 1. The van der Waals surface area contributed by atoms with Crippen LogP contribution in [0.4, 0.5) is 4.39 Å². The van der Waals surface area contributed by atoms with Crippen molar-refractivity contribution in [2.24, 2.45) is 0 Å². The van der Waals surface area contributed by atoms with Gasteiger partial charge in [0.1, 0.15) is 5.60 Å². The van der Waals surface area contributed by atoms with Crippen LogP contribution in [0.15, 0.2) is 42.5 Å². The second-order valence-electron chi connectivity index (χ2n) is 5.84. The fraction of sp³-hybridized carbons (Fsp3) is 0.278. The Hall–Kier alpha value is -2.80. The number of halogens is 1. The van der Waals surface area contributed by atoms with Crippen molar-refractivity contribution in [2.75, 3.05) is 19.9 Å². The summed E-state index contributed by atoms with van der Waals surface area (Å²) < 4.78 is 29.1. The molecule has 2 aromatic carbocycles. The number of carbonyl (C=O) groups excluding carboxylic acids is 1. The Morgan fingerprint density at radius 1 is 1.28 bits per heavy atom. The first kappa shape index (κ1) is 17.0. The van der Waals surface area contributed by atoms with E-state index in [0.717, 1.165) is 0 Å². The van der Waals surface area contributed by atoms with Crippen LogP contribution in [0.5, 0.6) is 17.2 Å². The molecule has 0 aliphatic carbocycles.